The molecule has 4 nitrogen and oxygen atoms in total. The number of aromatic nitrogens is 2. The molecule has 1 aromatic rings. The van der Waals surface area contributed by atoms with E-state index in [-0.39, 0.29) is 5.75 Å². The van der Waals surface area contributed by atoms with Crippen molar-refractivity contribution in [1.29, 1.82) is 0 Å². The summed E-state index contributed by atoms with van der Waals surface area (Å²) in [5, 5.41) is 9.62. The molecule has 0 amide bonds. The topological polar surface area (TPSA) is 55.1 Å². The number of nitrogens with zero attached hydrogens (tertiary/aromatic N) is 2. The number of carbonyl (C=O) groups is 1. The Bertz CT molecular complexity index is 416. The lowest BCUT2D eigenvalue weighted by Gasteiger charge is -2.19. The van der Waals surface area contributed by atoms with E-state index in [1.165, 1.54) is 23.9 Å². The Labute approximate surface area is 119 Å². The predicted octanol–water partition coefficient (Wildman–Crippen LogP) is 3.62. The first-order valence-corrected chi connectivity index (χ1v) is 7.84. The number of imidazole rings is 1. The fraction of sp³-hybridized carbons (Fsp3) is 0.714. The van der Waals surface area contributed by atoms with Crippen molar-refractivity contribution in [3.63, 3.8) is 0 Å². The summed E-state index contributed by atoms with van der Waals surface area (Å²) in [4.78, 5) is 15.1. The number of hydrogen-bond donors (Lipinski definition) is 1. The minimum absolute atomic E-state index is 0.0665. The van der Waals surface area contributed by atoms with E-state index in [1.54, 1.807) is 0 Å². The Morgan fingerprint density at radius 2 is 2.11 bits per heavy atom. The summed E-state index contributed by atoms with van der Waals surface area (Å²) in [5.74, 6) is -0.0459. The Balaban J connectivity index is 2.82. The SMILES string of the molecule is CCc1cnc(SCC(=O)O)n1C(C)CCC(C)C. The van der Waals surface area contributed by atoms with Gasteiger partial charge in [0, 0.05) is 17.9 Å². The Morgan fingerprint density at radius 3 is 2.63 bits per heavy atom. The van der Waals surface area contributed by atoms with Gasteiger partial charge in [-0.25, -0.2) is 4.98 Å². The van der Waals surface area contributed by atoms with E-state index < -0.39 is 5.97 Å². The van der Waals surface area contributed by atoms with Crippen LogP contribution in [0.15, 0.2) is 11.4 Å². The van der Waals surface area contributed by atoms with Gasteiger partial charge in [-0.1, -0.05) is 32.5 Å². The average molecular weight is 284 g/mol. The molecule has 0 radical (unpaired) electrons. The smallest absolute Gasteiger partial charge is 0.313 e. The molecule has 108 valence electrons. The highest BCUT2D eigenvalue weighted by Crippen LogP contribution is 2.26. The van der Waals surface area contributed by atoms with Gasteiger partial charge in [0.05, 0.1) is 5.75 Å². The maximum Gasteiger partial charge on any atom is 0.313 e. The number of thioether (sulfide) groups is 1. The summed E-state index contributed by atoms with van der Waals surface area (Å²) >= 11 is 1.31. The van der Waals surface area contributed by atoms with E-state index >= 15 is 0 Å². The number of rotatable bonds is 8. The van der Waals surface area contributed by atoms with Crippen LogP contribution in [0.4, 0.5) is 0 Å². The number of carboxylic acid groups (broad SMARTS) is 1. The molecule has 0 fully saturated rings. The van der Waals surface area contributed by atoms with Gasteiger partial charge in [-0.15, -0.1) is 0 Å². The van der Waals surface area contributed by atoms with Crippen LogP contribution in [-0.4, -0.2) is 26.4 Å². The van der Waals surface area contributed by atoms with Crippen molar-refractivity contribution >= 4 is 17.7 Å². The quantitative estimate of drug-likeness (QED) is 0.741. The summed E-state index contributed by atoms with van der Waals surface area (Å²) in [5.41, 5.74) is 1.18. The average Bonchev–Trinajstić information content (AvgIpc) is 2.76. The molecule has 0 aliphatic rings. The largest absolute Gasteiger partial charge is 0.481 e. The van der Waals surface area contributed by atoms with Crippen molar-refractivity contribution in [3.8, 4) is 0 Å². The first-order chi connectivity index (χ1) is 8.95. The first-order valence-electron chi connectivity index (χ1n) is 6.86. The zero-order chi connectivity index (χ0) is 14.4. The monoisotopic (exact) mass is 284 g/mol. The van der Waals surface area contributed by atoms with Crippen molar-refractivity contribution in [2.24, 2.45) is 5.92 Å². The lowest BCUT2D eigenvalue weighted by Crippen LogP contribution is -2.11. The van der Waals surface area contributed by atoms with Gasteiger partial charge in [0.25, 0.3) is 0 Å². The van der Waals surface area contributed by atoms with Gasteiger partial charge in [-0.05, 0) is 32.1 Å². The van der Waals surface area contributed by atoms with E-state index in [1.807, 2.05) is 6.20 Å². The van der Waals surface area contributed by atoms with Crippen LogP contribution in [0.1, 0.15) is 52.3 Å². The second kappa shape index (κ2) is 7.58. The van der Waals surface area contributed by atoms with E-state index in [4.69, 9.17) is 5.11 Å². The van der Waals surface area contributed by atoms with Crippen LogP contribution in [0.3, 0.4) is 0 Å². The molecule has 19 heavy (non-hydrogen) atoms. The van der Waals surface area contributed by atoms with Crippen molar-refractivity contribution in [2.75, 3.05) is 5.75 Å². The van der Waals surface area contributed by atoms with Crippen LogP contribution >= 0.6 is 11.8 Å². The van der Waals surface area contributed by atoms with Crippen LogP contribution in [0.25, 0.3) is 0 Å². The molecule has 0 spiro atoms. The molecule has 0 aliphatic carbocycles. The molecule has 0 saturated carbocycles. The molecule has 1 unspecified atom stereocenters. The van der Waals surface area contributed by atoms with E-state index in [2.05, 4.69) is 37.2 Å². The van der Waals surface area contributed by atoms with Crippen LogP contribution in [0.2, 0.25) is 0 Å². The van der Waals surface area contributed by atoms with Crippen LogP contribution in [0, 0.1) is 5.92 Å². The molecule has 0 bridgehead atoms. The number of aryl methyl sites for hydroxylation is 1. The molecule has 1 aromatic heterocycles. The Kier molecular flexibility index (Phi) is 6.42. The molecule has 1 heterocycles. The molecule has 0 saturated heterocycles. The van der Waals surface area contributed by atoms with Crippen LogP contribution in [0.5, 0.6) is 0 Å². The molecule has 5 heteroatoms. The molecular formula is C14H24N2O2S. The van der Waals surface area contributed by atoms with Gasteiger partial charge in [0.2, 0.25) is 0 Å². The number of carboxylic acids is 1. The van der Waals surface area contributed by atoms with Gasteiger partial charge in [-0.2, -0.15) is 0 Å². The number of hydrogen-bond acceptors (Lipinski definition) is 3. The second-order valence-electron chi connectivity index (χ2n) is 5.26. The Hall–Kier alpha value is -0.970. The minimum atomic E-state index is -0.799. The lowest BCUT2D eigenvalue weighted by molar-refractivity contribution is -0.133. The summed E-state index contributed by atoms with van der Waals surface area (Å²) in [6.45, 7) is 8.74. The van der Waals surface area contributed by atoms with Gasteiger partial charge in [0.15, 0.2) is 5.16 Å². The maximum absolute atomic E-state index is 10.7. The zero-order valence-corrected chi connectivity index (χ0v) is 13.0. The summed E-state index contributed by atoms with van der Waals surface area (Å²) in [6, 6.07) is 0.371. The lowest BCUT2D eigenvalue weighted by atomic mass is 10.0. The van der Waals surface area contributed by atoms with Crippen molar-refractivity contribution in [1.82, 2.24) is 9.55 Å². The van der Waals surface area contributed by atoms with Crippen LogP contribution < -0.4 is 0 Å². The van der Waals surface area contributed by atoms with Crippen molar-refractivity contribution in [2.45, 2.75) is 58.2 Å². The summed E-state index contributed by atoms with van der Waals surface area (Å²) in [6.07, 6.45) is 5.07. The Morgan fingerprint density at radius 1 is 1.42 bits per heavy atom. The molecular weight excluding hydrogens is 260 g/mol. The third-order valence-electron chi connectivity index (χ3n) is 3.13. The third-order valence-corrected chi connectivity index (χ3v) is 4.08. The minimum Gasteiger partial charge on any atom is -0.481 e. The van der Waals surface area contributed by atoms with Gasteiger partial charge >= 0.3 is 5.97 Å². The zero-order valence-electron chi connectivity index (χ0n) is 12.2. The highest BCUT2D eigenvalue weighted by atomic mass is 32.2. The van der Waals surface area contributed by atoms with E-state index in [0.717, 1.165) is 18.0 Å². The molecule has 0 aromatic carbocycles. The normalized spacial score (nSPS) is 12.9. The van der Waals surface area contributed by atoms with Gasteiger partial charge in [-0.3, -0.25) is 4.79 Å². The molecule has 1 N–H and O–H groups in total. The van der Waals surface area contributed by atoms with Gasteiger partial charge in [0.1, 0.15) is 0 Å². The van der Waals surface area contributed by atoms with Crippen LogP contribution in [-0.2, 0) is 11.2 Å². The highest BCUT2D eigenvalue weighted by molar-refractivity contribution is 7.99. The molecule has 0 aliphatic heterocycles. The number of aliphatic carboxylic acids is 1. The molecule has 1 atom stereocenters. The van der Waals surface area contributed by atoms with Crippen molar-refractivity contribution in [3.05, 3.63) is 11.9 Å². The fourth-order valence-electron chi connectivity index (χ4n) is 2.05. The van der Waals surface area contributed by atoms with Crippen molar-refractivity contribution < 1.29 is 9.90 Å². The van der Waals surface area contributed by atoms with E-state index in [9.17, 15) is 4.79 Å². The van der Waals surface area contributed by atoms with E-state index in [0.29, 0.717) is 12.0 Å². The standard InChI is InChI=1S/C14H24N2O2S/c1-5-12-8-15-14(19-9-13(17)18)16(12)11(4)7-6-10(2)3/h8,10-11H,5-7,9H2,1-4H3,(H,17,18). The molecule has 1 rings (SSSR count). The third kappa shape index (κ3) is 4.90. The van der Waals surface area contributed by atoms with Gasteiger partial charge < -0.3 is 9.67 Å². The predicted molar refractivity (Wildman–Crippen MR) is 78.7 cm³/mol. The highest BCUT2D eigenvalue weighted by Gasteiger charge is 2.16. The first kappa shape index (κ1) is 16.1. The summed E-state index contributed by atoms with van der Waals surface area (Å²) < 4.78 is 2.20. The maximum atomic E-state index is 10.7. The fourth-order valence-corrected chi connectivity index (χ4v) is 2.86. The second-order valence-corrected chi connectivity index (χ2v) is 6.20. The summed E-state index contributed by atoms with van der Waals surface area (Å²) in [7, 11) is 0.